The molecule has 1 atom stereocenters. The molecule has 1 aromatic carbocycles. The van der Waals surface area contributed by atoms with Crippen molar-refractivity contribution in [2.45, 2.75) is 25.7 Å². The zero-order valence-electron chi connectivity index (χ0n) is 15.9. The summed E-state index contributed by atoms with van der Waals surface area (Å²) in [6, 6.07) is 4.28. The van der Waals surface area contributed by atoms with Crippen molar-refractivity contribution in [3.63, 3.8) is 0 Å². The van der Waals surface area contributed by atoms with E-state index in [1.54, 1.807) is 6.07 Å². The van der Waals surface area contributed by atoms with E-state index in [0.29, 0.717) is 10.9 Å². The standard InChI is InChI=1S/C19H17F2N5O5/c20-19(21)31-10-1-2-14-11(5-10)15(25-26(14)4-3-9(28)8-27)13-7-23-17-16(24-13)12(6-22-17)18(29)30/h1-2,5-7,9,19,27-28H,3-4,8H2,(H,22,23)(H,29,30). The van der Waals surface area contributed by atoms with Crippen LogP contribution in [0.2, 0.25) is 0 Å². The third-order valence-corrected chi connectivity index (χ3v) is 4.69. The zero-order chi connectivity index (χ0) is 22.1. The summed E-state index contributed by atoms with van der Waals surface area (Å²) in [6.07, 6.45) is 1.92. The van der Waals surface area contributed by atoms with Crippen LogP contribution in [0.1, 0.15) is 16.8 Å². The van der Waals surface area contributed by atoms with Gasteiger partial charge in [-0.3, -0.25) is 4.68 Å². The minimum atomic E-state index is -3.01. The molecule has 0 saturated carbocycles. The van der Waals surface area contributed by atoms with E-state index >= 15 is 0 Å². The molecule has 0 aliphatic carbocycles. The molecule has 31 heavy (non-hydrogen) atoms. The number of nitrogens with one attached hydrogen (secondary N) is 1. The predicted octanol–water partition coefficient (Wildman–Crippen LogP) is 2.02. The summed E-state index contributed by atoms with van der Waals surface area (Å²) in [5.74, 6) is -1.26. The maximum absolute atomic E-state index is 12.7. The average molecular weight is 433 g/mol. The highest BCUT2D eigenvalue weighted by molar-refractivity contribution is 6.01. The smallest absolute Gasteiger partial charge is 0.387 e. The van der Waals surface area contributed by atoms with Crippen LogP contribution in [0.4, 0.5) is 8.78 Å². The van der Waals surface area contributed by atoms with E-state index < -0.39 is 25.3 Å². The number of aromatic amines is 1. The van der Waals surface area contributed by atoms with Gasteiger partial charge in [0, 0.05) is 18.1 Å². The fourth-order valence-electron chi connectivity index (χ4n) is 3.23. The van der Waals surface area contributed by atoms with Gasteiger partial charge >= 0.3 is 12.6 Å². The summed E-state index contributed by atoms with van der Waals surface area (Å²) in [6.45, 7) is -3.19. The molecule has 0 radical (unpaired) electrons. The molecule has 0 aliphatic rings. The van der Waals surface area contributed by atoms with Gasteiger partial charge in [-0.2, -0.15) is 13.9 Å². The number of hydrogen-bond donors (Lipinski definition) is 4. The van der Waals surface area contributed by atoms with Crippen molar-refractivity contribution in [2.24, 2.45) is 0 Å². The van der Waals surface area contributed by atoms with Crippen LogP contribution in [0.5, 0.6) is 5.75 Å². The van der Waals surface area contributed by atoms with Crippen molar-refractivity contribution >= 4 is 28.0 Å². The first-order valence-corrected chi connectivity index (χ1v) is 9.19. The van der Waals surface area contributed by atoms with Crippen molar-refractivity contribution in [2.75, 3.05) is 6.61 Å². The maximum atomic E-state index is 12.7. The number of aliphatic hydroxyl groups is 2. The summed E-state index contributed by atoms with van der Waals surface area (Å²) in [4.78, 5) is 22.7. The van der Waals surface area contributed by atoms with Crippen LogP contribution < -0.4 is 4.74 Å². The van der Waals surface area contributed by atoms with Gasteiger partial charge in [0.25, 0.3) is 0 Å². The van der Waals surface area contributed by atoms with Crippen LogP contribution in [0.15, 0.2) is 30.6 Å². The van der Waals surface area contributed by atoms with Gasteiger partial charge in [0.05, 0.1) is 24.4 Å². The first-order chi connectivity index (χ1) is 14.9. The number of carboxylic acids is 1. The maximum Gasteiger partial charge on any atom is 0.387 e. The molecule has 162 valence electrons. The van der Waals surface area contributed by atoms with E-state index in [4.69, 9.17) is 5.11 Å². The molecule has 0 spiro atoms. The van der Waals surface area contributed by atoms with E-state index in [2.05, 4.69) is 24.8 Å². The number of H-pyrrole nitrogens is 1. The van der Waals surface area contributed by atoms with Crippen LogP contribution >= 0.6 is 0 Å². The van der Waals surface area contributed by atoms with Gasteiger partial charge < -0.3 is 25.0 Å². The molecule has 0 aliphatic heterocycles. The lowest BCUT2D eigenvalue weighted by Gasteiger charge is -2.08. The summed E-state index contributed by atoms with van der Waals surface area (Å²) >= 11 is 0. The number of aliphatic hydroxyl groups excluding tert-OH is 2. The molecule has 0 fully saturated rings. The van der Waals surface area contributed by atoms with Crippen molar-refractivity contribution < 1.29 is 33.6 Å². The van der Waals surface area contributed by atoms with Gasteiger partial charge in [-0.15, -0.1) is 0 Å². The summed E-state index contributed by atoms with van der Waals surface area (Å²) in [5.41, 5.74) is 1.40. The highest BCUT2D eigenvalue weighted by Crippen LogP contribution is 2.31. The number of carboxylic acid groups (broad SMARTS) is 1. The molecule has 4 aromatic rings. The highest BCUT2D eigenvalue weighted by Gasteiger charge is 2.19. The van der Waals surface area contributed by atoms with Crippen LogP contribution in [0.25, 0.3) is 33.5 Å². The lowest BCUT2D eigenvalue weighted by atomic mass is 10.1. The third kappa shape index (κ3) is 4.02. The Kier molecular flexibility index (Phi) is 5.48. The van der Waals surface area contributed by atoms with Gasteiger partial charge in [-0.25, -0.2) is 14.8 Å². The Balaban J connectivity index is 1.85. The molecular formula is C19H17F2N5O5. The Hall–Kier alpha value is -3.64. The topological polar surface area (TPSA) is 146 Å². The van der Waals surface area contributed by atoms with Crippen molar-refractivity contribution in [1.29, 1.82) is 0 Å². The number of nitrogens with zero attached hydrogens (tertiary/aromatic N) is 4. The summed E-state index contributed by atoms with van der Waals surface area (Å²) in [5, 5.41) is 32.9. The van der Waals surface area contributed by atoms with E-state index in [-0.39, 0.29) is 46.8 Å². The molecule has 0 saturated heterocycles. The number of ether oxygens (including phenoxy) is 1. The Labute approximate surface area is 172 Å². The van der Waals surface area contributed by atoms with Crippen LogP contribution in [-0.4, -0.2) is 65.3 Å². The zero-order valence-corrected chi connectivity index (χ0v) is 15.9. The lowest BCUT2D eigenvalue weighted by molar-refractivity contribution is -0.0497. The summed E-state index contributed by atoms with van der Waals surface area (Å²) in [7, 11) is 0. The Bertz CT molecular complexity index is 1260. The average Bonchev–Trinajstić information content (AvgIpc) is 3.32. The molecule has 4 N–H and O–H groups in total. The molecule has 12 heteroatoms. The van der Waals surface area contributed by atoms with Crippen LogP contribution in [0, 0.1) is 0 Å². The Morgan fingerprint density at radius 1 is 1.32 bits per heavy atom. The molecule has 3 heterocycles. The van der Waals surface area contributed by atoms with Gasteiger partial charge in [-0.1, -0.05) is 0 Å². The number of aromatic nitrogens is 5. The van der Waals surface area contributed by atoms with Crippen molar-refractivity contribution in [3.8, 4) is 17.1 Å². The number of rotatable bonds is 8. The summed E-state index contributed by atoms with van der Waals surface area (Å²) < 4.78 is 31.4. The predicted molar refractivity (Wildman–Crippen MR) is 104 cm³/mol. The monoisotopic (exact) mass is 433 g/mol. The van der Waals surface area contributed by atoms with Gasteiger partial charge in [0.15, 0.2) is 5.65 Å². The minimum Gasteiger partial charge on any atom is -0.478 e. The number of aryl methyl sites for hydroxylation is 1. The van der Waals surface area contributed by atoms with Crippen LogP contribution in [-0.2, 0) is 6.54 Å². The molecule has 0 bridgehead atoms. The molecule has 4 rings (SSSR count). The molecule has 10 nitrogen and oxygen atoms in total. The minimum absolute atomic E-state index is 0.0686. The highest BCUT2D eigenvalue weighted by atomic mass is 19.3. The van der Waals surface area contributed by atoms with E-state index in [0.717, 1.165) is 0 Å². The molecular weight excluding hydrogens is 416 g/mol. The van der Waals surface area contributed by atoms with E-state index in [1.165, 1.54) is 29.2 Å². The largest absolute Gasteiger partial charge is 0.478 e. The number of benzene rings is 1. The lowest BCUT2D eigenvalue weighted by Crippen LogP contribution is -2.15. The number of hydrogen-bond acceptors (Lipinski definition) is 7. The quantitative estimate of drug-likeness (QED) is 0.330. The second kappa shape index (κ2) is 8.24. The van der Waals surface area contributed by atoms with Crippen LogP contribution in [0.3, 0.4) is 0 Å². The SMILES string of the molecule is O=C(O)c1c[nH]c2ncc(-c3nn(CCC(O)CO)c4ccc(OC(F)F)cc34)nc12. The van der Waals surface area contributed by atoms with E-state index in [1.807, 2.05) is 0 Å². The fourth-order valence-corrected chi connectivity index (χ4v) is 3.23. The van der Waals surface area contributed by atoms with Gasteiger partial charge in [0.1, 0.15) is 28.2 Å². The first-order valence-electron chi connectivity index (χ1n) is 9.19. The first kappa shape index (κ1) is 20.6. The Morgan fingerprint density at radius 2 is 2.13 bits per heavy atom. The van der Waals surface area contributed by atoms with Gasteiger partial charge in [-0.05, 0) is 24.6 Å². The molecule has 0 amide bonds. The van der Waals surface area contributed by atoms with Crippen molar-refractivity contribution in [1.82, 2.24) is 24.7 Å². The fraction of sp³-hybridized carbons (Fsp3) is 0.263. The number of carbonyl (C=O) groups is 1. The van der Waals surface area contributed by atoms with Crippen molar-refractivity contribution in [3.05, 3.63) is 36.2 Å². The second-order valence-corrected chi connectivity index (χ2v) is 6.71. The Morgan fingerprint density at radius 3 is 2.84 bits per heavy atom. The number of fused-ring (bicyclic) bond motifs is 2. The number of aromatic carboxylic acids is 1. The number of alkyl halides is 2. The molecule has 1 unspecified atom stereocenters. The molecule has 3 aromatic heterocycles. The number of halogens is 2. The van der Waals surface area contributed by atoms with Gasteiger partial charge in [0.2, 0.25) is 0 Å². The van der Waals surface area contributed by atoms with E-state index in [9.17, 15) is 23.8 Å². The third-order valence-electron chi connectivity index (χ3n) is 4.69. The normalized spacial score (nSPS) is 12.7. The second-order valence-electron chi connectivity index (χ2n) is 6.71.